The van der Waals surface area contributed by atoms with Crippen molar-refractivity contribution >= 4 is 29.3 Å². The summed E-state index contributed by atoms with van der Waals surface area (Å²) >= 11 is 0. The van der Waals surface area contributed by atoms with E-state index in [9.17, 15) is 4.79 Å². The molecule has 1 aliphatic rings. The largest absolute Gasteiger partial charge is 0.497 e. The number of rotatable bonds is 6. The number of nitrogens with one attached hydrogen (secondary N) is 4. The summed E-state index contributed by atoms with van der Waals surface area (Å²) in [5, 5.41) is 12.3. The number of methoxy groups -OCH3 is 1. The van der Waals surface area contributed by atoms with Crippen molar-refractivity contribution in [1.82, 2.24) is 10.3 Å². The Kier molecular flexibility index (Phi) is 6.39. The van der Waals surface area contributed by atoms with E-state index in [4.69, 9.17) is 4.74 Å². The maximum absolute atomic E-state index is 12.2. The van der Waals surface area contributed by atoms with Crippen molar-refractivity contribution in [3.8, 4) is 5.75 Å². The highest BCUT2D eigenvalue weighted by Gasteiger charge is 2.17. The first kappa shape index (κ1) is 20.4. The summed E-state index contributed by atoms with van der Waals surface area (Å²) in [6.07, 6.45) is 4.95. The molecule has 0 bridgehead atoms. The van der Waals surface area contributed by atoms with Gasteiger partial charge in [0, 0.05) is 36.2 Å². The van der Waals surface area contributed by atoms with Gasteiger partial charge in [-0.25, -0.2) is 4.79 Å². The quantitative estimate of drug-likeness (QED) is 0.489. The second-order valence-electron chi connectivity index (χ2n) is 7.03. The SMILES string of the molecule is COc1ccc(C2C=NC(Nc3cccc(NC(=O)Nc4cccnc4)c3)NC2)cc1. The molecule has 0 spiro atoms. The van der Waals surface area contributed by atoms with Crippen molar-refractivity contribution < 1.29 is 9.53 Å². The van der Waals surface area contributed by atoms with Crippen LogP contribution in [0.25, 0.3) is 0 Å². The van der Waals surface area contributed by atoms with Crippen LogP contribution in [-0.4, -0.2) is 37.2 Å². The Bertz CT molecular complexity index is 1040. The van der Waals surface area contributed by atoms with Crippen LogP contribution in [-0.2, 0) is 0 Å². The molecule has 1 aliphatic heterocycles. The first-order chi connectivity index (χ1) is 15.2. The van der Waals surface area contributed by atoms with Gasteiger partial charge in [0.05, 0.1) is 19.0 Å². The molecule has 0 saturated carbocycles. The van der Waals surface area contributed by atoms with Crippen molar-refractivity contribution in [3.05, 3.63) is 78.6 Å². The molecule has 3 aromatic rings. The third-order valence-corrected chi connectivity index (χ3v) is 4.83. The maximum Gasteiger partial charge on any atom is 0.323 e. The maximum atomic E-state index is 12.2. The Balaban J connectivity index is 1.33. The minimum Gasteiger partial charge on any atom is -0.497 e. The molecule has 31 heavy (non-hydrogen) atoms. The second kappa shape index (κ2) is 9.73. The lowest BCUT2D eigenvalue weighted by atomic mass is 9.99. The highest BCUT2D eigenvalue weighted by Crippen LogP contribution is 2.21. The zero-order valence-electron chi connectivity index (χ0n) is 17.1. The molecule has 0 saturated heterocycles. The number of aliphatic imine (C=N–C) groups is 1. The number of carbonyl (C=O) groups is 1. The predicted octanol–water partition coefficient (Wildman–Crippen LogP) is 3.89. The summed E-state index contributed by atoms with van der Waals surface area (Å²) < 4.78 is 5.21. The number of pyridine rings is 1. The number of hydrogen-bond donors (Lipinski definition) is 4. The summed E-state index contributed by atoms with van der Waals surface area (Å²) in [5.41, 5.74) is 3.32. The molecular weight excluding hydrogens is 392 g/mol. The molecule has 0 fully saturated rings. The van der Waals surface area contributed by atoms with E-state index >= 15 is 0 Å². The van der Waals surface area contributed by atoms with E-state index < -0.39 is 0 Å². The molecule has 2 aromatic carbocycles. The smallest absolute Gasteiger partial charge is 0.323 e. The van der Waals surface area contributed by atoms with Gasteiger partial charge in [0.25, 0.3) is 0 Å². The van der Waals surface area contributed by atoms with Gasteiger partial charge in [-0.2, -0.15) is 0 Å². The van der Waals surface area contributed by atoms with E-state index in [0.29, 0.717) is 11.4 Å². The average molecular weight is 416 g/mol. The summed E-state index contributed by atoms with van der Waals surface area (Å²) in [7, 11) is 1.66. The van der Waals surface area contributed by atoms with E-state index in [1.807, 2.05) is 42.6 Å². The van der Waals surface area contributed by atoms with Crippen LogP contribution in [0.3, 0.4) is 0 Å². The molecule has 2 amide bonds. The van der Waals surface area contributed by atoms with Crippen LogP contribution < -0.4 is 26.0 Å². The Labute approximate surface area is 180 Å². The third-order valence-electron chi connectivity index (χ3n) is 4.83. The molecule has 8 heteroatoms. The van der Waals surface area contributed by atoms with Crippen molar-refractivity contribution in [2.45, 2.75) is 12.2 Å². The number of hydrogen-bond acceptors (Lipinski definition) is 6. The summed E-state index contributed by atoms with van der Waals surface area (Å²) in [5.74, 6) is 1.04. The van der Waals surface area contributed by atoms with Crippen LogP contribution in [0.5, 0.6) is 5.75 Å². The number of nitrogens with zero attached hydrogens (tertiary/aromatic N) is 2. The van der Waals surface area contributed by atoms with Crippen LogP contribution in [0.1, 0.15) is 11.5 Å². The summed E-state index contributed by atoms with van der Waals surface area (Å²) in [6, 6.07) is 18.7. The highest BCUT2D eigenvalue weighted by molar-refractivity contribution is 5.99. The van der Waals surface area contributed by atoms with E-state index in [0.717, 1.165) is 18.0 Å². The Hall–Kier alpha value is -3.91. The van der Waals surface area contributed by atoms with E-state index in [2.05, 4.69) is 43.4 Å². The van der Waals surface area contributed by atoms with Gasteiger partial charge in [-0.3, -0.25) is 15.3 Å². The van der Waals surface area contributed by atoms with Gasteiger partial charge in [0.1, 0.15) is 5.75 Å². The number of amides is 2. The molecule has 0 radical (unpaired) electrons. The highest BCUT2D eigenvalue weighted by atomic mass is 16.5. The monoisotopic (exact) mass is 416 g/mol. The molecule has 0 aliphatic carbocycles. The summed E-state index contributed by atoms with van der Waals surface area (Å²) in [4.78, 5) is 20.7. The lowest BCUT2D eigenvalue weighted by Gasteiger charge is -2.25. The van der Waals surface area contributed by atoms with E-state index in [1.54, 1.807) is 31.6 Å². The number of urea groups is 1. The van der Waals surface area contributed by atoms with Gasteiger partial charge in [-0.1, -0.05) is 18.2 Å². The molecule has 2 unspecified atom stereocenters. The predicted molar refractivity (Wildman–Crippen MR) is 123 cm³/mol. The third kappa shape index (κ3) is 5.58. The Morgan fingerprint density at radius 2 is 1.81 bits per heavy atom. The molecule has 2 atom stereocenters. The number of ether oxygens (including phenoxy) is 1. The zero-order chi connectivity index (χ0) is 21.5. The number of benzene rings is 2. The molecule has 4 rings (SSSR count). The number of anilines is 3. The van der Waals surface area contributed by atoms with E-state index in [-0.39, 0.29) is 18.2 Å². The minimum atomic E-state index is -0.332. The normalized spacial score (nSPS) is 17.6. The van der Waals surface area contributed by atoms with Crippen molar-refractivity contribution in [1.29, 1.82) is 0 Å². The number of aromatic nitrogens is 1. The van der Waals surface area contributed by atoms with Gasteiger partial charge in [0.15, 0.2) is 6.29 Å². The average Bonchev–Trinajstić information content (AvgIpc) is 2.80. The van der Waals surface area contributed by atoms with Crippen LogP contribution in [0, 0.1) is 0 Å². The molecular formula is C23H24N6O2. The van der Waals surface area contributed by atoms with Crippen LogP contribution in [0.15, 0.2) is 78.0 Å². The van der Waals surface area contributed by atoms with Gasteiger partial charge < -0.3 is 20.7 Å². The van der Waals surface area contributed by atoms with Gasteiger partial charge in [-0.15, -0.1) is 0 Å². The Morgan fingerprint density at radius 1 is 1.03 bits per heavy atom. The van der Waals surface area contributed by atoms with Crippen molar-refractivity contribution in [3.63, 3.8) is 0 Å². The molecule has 2 heterocycles. The van der Waals surface area contributed by atoms with Crippen LogP contribution in [0.2, 0.25) is 0 Å². The fourth-order valence-corrected chi connectivity index (χ4v) is 3.25. The standard InChI is InChI=1S/C23H24N6O2/c1-31-21-9-7-16(8-10-21)17-13-25-22(26-14-17)27-18-4-2-5-19(12-18)28-23(30)29-20-6-3-11-24-15-20/h2-13,15,17,22,26-27H,14H2,1H3,(H2,28,29,30). The van der Waals surface area contributed by atoms with Crippen LogP contribution >= 0.6 is 0 Å². The minimum absolute atomic E-state index is 0.202. The first-order valence-corrected chi connectivity index (χ1v) is 9.95. The van der Waals surface area contributed by atoms with Crippen LogP contribution in [0.4, 0.5) is 21.9 Å². The van der Waals surface area contributed by atoms with Crippen molar-refractivity contribution in [2.75, 3.05) is 29.6 Å². The summed E-state index contributed by atoms with van der Waals surface area (Å²) in [6.45, 7) is 0.763. The fourth-order valence-electron chi connectivity index (χ4n) is 3.25. The zero-order valence-corrected chi connectivity index (χ0v) is 17.1. The molecule has 4 N–H and O–H groups in total. The molecule has 8 nitrogen and oxygen atoms in total. The fraction of sp³-hybridized carbons (Fsp3) is 0.174. The van der Waals surface area contributed by atoms with Crippen molar-refractivity contribution in [2.24, 2.45) is 4.99 Å². The van der Waals surface area contributed by atoms with Gasteiger partial charge in [-0.05, 0) is 48.0 Å². The molecule has 1 aromatic heterocycles. The van der Waals surface area contributed by atoms with Gasteiger partial charge >= 0.3 is 6.03 Å². The molecule has 158 valence electrons. The second-order valence-corrected chi connectivity index (χ2v) is 7.03. The topological polar surface area (TPSA) is 99.7 Å². The number of carbonyl (C=O) groups excluding carboxylic acids is 1. The Morgan fingerprint density at radius 3 is 2.52 bits per heavy atom. The first-order valence-electron chi connectivity index (χ1n) is 9.95. The van der Waals surface area contributed by atoms with Gasteiger partial charge in [0.2, 0.25) is 0 Å². The lowest BCUT2D eigenvalue weighted by molar-refractivity contribution is 0.262. The lowest BCUT2D eigenvalue weighted by Crippen LogP contribution is -2.41. The van der Waals surface area contributed by atoms with E-state index in [1.165, 1.54) is 5.56 Å².